The van der Waals surface area contributed by atoms with Gasteiger partial charge in [-0.25, -0.2) is 9.97 Å². The molecule has 0 saturated carbocycles. The average molecular weight is 871 g/mol. The molecule has 6 amide bonds. The highest BCUT2D eigenvalue weighted by molar-refractivity contribution is 6.06. The highest BCUT2D eigenvalue weighted by atomic mass is 16.5. The first-order valence-electron chi connectivity index (χ1n) is 22.3. The first-order valence-corrected chi connectivity index (χ1v) is 22.3. The van der Waals surface area contributed by atoms with Gasteiger partial charge in [-0.15, -0.1) is 0 Å². The van der Waals surface area contributed by atoms with Gasteiger partial charge in [-0.1, -0.05) is 6.07 Å². The number of benzene rings is 3. The Morgan fingerprint density at radius 1 is 0.719 bits per heavy atom. The largest absolute Gasteiger partial charge is 0.489 e. The number of piperidine rings is 2. The molecule has 5 saturated heterocycles. The van der Waals surface area contributed by atoms with Gasteiger partial charge in [0.1, 0.15) is 41.6 Å². The van der Waals surface area contributed by atoms with Crippen molar-refractivity contribution in [2.24, 2.45) is 0 Å². The molecule has 3 N–H and O–H groups in total. The molecule has 11 rings (SSSR count). The molecule has 1 aromatic heterocycles. The van der Waals surface area contributed by atoms with Gasteiger partial charge in [0.15, 0.2) is 0 Å². The lowest BCUT2D eigenvalue weighted by Gasteiger charge is -2.29. The first kappa shape index (κ1) is 41.7. The molecule has 1 unspecified atom stereocenters. The van der Waals surface area contributed by atoms with E-state index in [1.807, 2.05) is 30.5 Å². The zero-order chi connectivity index (χ0) is 43.9. The van der Waals surface area contributed by atoms with Crippen LogP contribution in [0.25, 0.3) is 10.9 Å². The number of nitrogens with one attached hydrogen (secondary N) is 3. The van der Waals surface area contributed by atoms with Crippen LogP contribution in [0, 0.1) is 0 Å². The summed E-state index contributed by atoms with van der Waals surface area (Å²) in [7, 11) is 0. The van der Waals surface area contributed by atoms with Crippen LogP contribution in [-0.2, 0) is 43.5 Å². The second-order valence-electron chi connectivity index (χ2n) is 17.6. The molecule has 5 atom stereocenters. The predicted molar refractivity (Wildman–Crippen MR) is 229 cm³/mol. The quantitative estimate of drug-likeness (QED) is 0.208. The Hall–Kier alpha value is -6.30. The van der Waals surface area contributed by atoms with Crippen molar-refractivity contribution in [1.29, 1.82) is 0 Å². The van der Waals surface area contributed by atoms with E-state index in [1.165, 1.54) is 5.56 Å². The lowest BCUT2D eigenvalue weighted by molar-refractivity contribution is -0.138. The number of hydrogen-bond donors (Lipinski definition) is 3. The predicted octanol–water partition coefficient (Wildman–Crippen LogP) is 2.74. The van der Waals surface area contributed by atoms with E-state index in [-0.39, 0.29) is 54.6 Å². The number of carbonyl (C=O) groups excluding carboxylic acids is 6. The monoisotopic (exact) mass is 870 g/mol. The maximum Gasteiger partial charge on any atom is 0.255 e. The van der Waals surface area contributed by atoms with Gasteiger partial charge in [0, 0.05) is 87.3 Å². The number of fused-ring (bicyclic) bond motifs is 3. The Morgan fingerprint density at radius 2 is 1.38 bits per heavy atom. The number of imide groups is 2. The maximum atomic E-state index is 13.0. The average Bonchev–Trinajstić information content (AvgIpc) is 4.15. The molecule has 17 heteroatoms. The van der Waals surface area contributed by atoms with Crippen LogP contribution < -0.4 is 25.4 Å². The van der Waals surface area contributed by atoms with Crippen LogP contribution in [0.4, 0.5) is 0 Å². The van der Waals surface area contributed by atoms with E-state index in [0.29, 0.717) is 49.6 Å². The van der Waals surface area contributed by atoms with Crippen LogP contribution in [0.5, 0.6) is 11.5 Å². The Labute approximate surface area is 369 Å². The summed E-state index contributed by atoms with van der Waals surface area (Å²) in [5.74, 6) is 0.963. The van der Waals surface area contributed by atoms with Crippen LogP contribution in [-0.4, -0.2) is 124 Å². The normalized spacial score (nSPS) is 25.6. The summed E-state index contributed by atoms with van der Waals surface area (Å²) >= 11 is 0. The number of hydrogen-bond acceptors (Lipinski definition) is 13. The van der Waals surface area contributed by atoms with Crippen LogP contribution in [0.2, 0.25) is 0 Å². The molecule has 0 aliphatic carbocycles. The van der Waals surface area contributed by atoms with Gasteiger partial charge in [0.05, 0.1) is 12.1 Å². The Morgan fingerprint density at radius 3 is 1.97 bits per heavy atom. The van der Waals surface area contributed by atoms with Crippen molar-refractivity contribution in [3.05, 3.63) is 94.4 Å². The Bertz CT molecular complexity index is 2540. The molecule has 64 heavy (non-hydrogen) atoms. The fourth-order valence-electron chi connectivity index (χ4n) is 9.79. The Kier molecular flexibility index (Phi) is 11.5. The number of rotatable bonds is 9. The van der Waals surface area contributed by atoms with E-state index in [0.717, 1.165) is 97.9 Å². The second kappa shape index (κ2) is 17.7. The van der Waals surface area contributed by atoms with Crippen LogP contribution in [0.15, 0.2) is 60.8 Å². The number of amides is 6. The third-order valence-electron chi connectivity index (χ3n) is 13.2. The van der Waals surface area contributed by atoms with E-state index >= 15 is 0 Å². The molecule has 8 heterocycles. The fourth-order valence-corrected chi connectivity index (χ4v) is 9.79. The van der Waals surface area contributed by atoms with Crippen molar-refractivity contribution in [3.63, 3.8) is 0 Å². The molecule has 17 nitrogen and oxygen atoms in total. The van der Waals surface area contributed by atoms with Crippen molar-refractivity contribution in [2.45, 2.75) is 94.8 Å². The lowest BCUT2D eigenvalue weighted by atomic mass is 10.0. The van der Waals surface area contributed by atoms with Crippen LogP contribution >= 0.6 is 0 Å². The maximum absolute atomic E-state index is 13.0. The van der Waals surface area contributed by atoms with Crippen molar-refractivity contribution in [3.8, 4) is 11.5 Å². The zero-order valence-corrected chi connectivity index (χ0v) is 35.4. The van der Waals surface area contributed by atoms with Gasteiger partial charge in [0.2, 0.25) is 23.6 Å². The number of nitrogens with zero attached hydrogens (tertiary/aromatic N) is 5. The summed E-state index contributed by atoms with van der Waals surface area (Å²) in [6.07, 6.45) is 6.25. The minimum atomic E-state index is -0.615. The van der Waals surface area contributed by atoms with Gasteiger partial charge < -0.3 is 29.3 Å². The topological polar surface area (TPSA) is 202 Å². The number of aromatic nitrogens is 2. The van der Waals surface area contributed by atoms with Crippen molar-refractivity contribution >= 4 is 46.3 Å². The molecule has 0 spiro atoms. The molecular formula is C47H50N8O9. The van der Waals surface area contributed by atoms with Gasteiger partial charge >= 0.3 is 0 Å². The lowest BCUT2D eigenvalue weighted by Crippen LogP contribution is -2.52. The minimum Gasteiger partial charge on any atom is -0.489 e. The van der Waals surface area contributed by atoms with Gasteiger partial charge in [-0.05, 0) is 104 Å². The summed E-state index contributed by atoms with van der Waals surface area (Å²) in [4.78, 5) is 87.6. The molecule has 7 aliphatic rings. The van der Waals surface area contributed by atoms with E-state index in [2.05, 4.69) is 44.0 Å². The van der Waals surface area contributed by atoms with E-state index in [4.69, 9.17) is 19.2 Å². The third kappa shape index (κ3) is 8.66. The molecule has 332 valence electrons. The summed E-state index contributed by atoms with van der Waals surface area (Å²) in [6.45, 7) is 6.56. The summed E-state index contributed by atoms with van der Waals surface area (Å²) < 4.78 is 17.7. The summed E-state index contributed by atoms with van der Waals surface area (Å²) in [6, 6.07) is 16.2. The first-order chi connectivity index (χ1) is 31.1. The minimum absolute atomic E-state index is 0.0568. The molecule has 7 aliphatic heterocycles. The second-order valence-corrected chi connectivity index (χ2v) is 17.6. The SMILES string of the molecule is O=C1CCC(N2Cc3cc(O[C@H]4CCNC4)ccc3C2=O)C(=O)N1.O=C1CC[C@H](N2Cc3cc(O[C@H]4CCN(Cc5ccc6nc([C@@H]7CCOC7)ncc6c5)C4)ccc3C2=O)C(=O)N1. The number of likely N-dealkylation sites (tertiary alicyclic amines) is 1. The van der Waals surface area contributed by atoms with E-state index < -0.39 is 18.0 Å². The molecule has 3 aromatic carbocycles. The van der Waals surface area contributed by atoms with Crippen molar-refractivity contribution in [1.82, 2.24) is 40.6 Å². The summed E-state index contributed by atoms with van der Waals surface area (Å²) in [5, 5.41) is 8.95. The van der Waals surface area contributed by atoms with Crippen molar-refractivity contribution < 1.29 is 43.0 Å². The van der Waals surface area contributed by atoms with Gasteiger partial charge in [-0.3, -0.25) is 44.3 Å². The van der Waals surface area contributed by atoms with Crippen molar-refractivity contribution in [2.75, 3.05) is 39.4 Å². The summed E-state index contributed by atoms with van der Waals surface area (Å²) in [5.41, 5.74) is 5.11. The third-order valence-corrected chi connectivity index (χ3v) is 13.2. The highest BCUT2D eigenvalue weighted by Gasteiger charge is 2.41. The van der Waals surface area contributed by atoms with Gasteiger partial charge in [-0.2, -0.15) is 0 Å². The van der Waals surface area contributed by atoms with Crippen LogP contribution in [0.3, 0.4) is 0 Å². The molecule has 5 fully saturated rings. The number of carbonyl (C=O) groups is 6. The highest BCUT2D eigenvalue weighted by Crippen LogP contribution is 2.33. The standard InChI is InChI=1S/C30H31N5O5.C17H19N3O4/c36-27-6-5-26(29(37)33-27)35-15-21-12-22(2-3-24(21)30(35)38)40-23-7-9-34(16-23)14-18-1-4-25-20(11-18)13-31-28(32-25)19-8-10-39-17-19;21-15-4-3-14(16(22)19-15)20-9-10-7-11(1-2-13(10)17(20)23)24-12-5-6-18-8-12/h1-4,11-13,19,23,26H,5-10,14-17H2,(H,33,36,37);1-2,7,12,14,18H,3-6,8-9H2,(H,19,21,22)/t19-,23+,26+;12-,14?/m10/s1. The zero-order valence-electron chi connectivity index (χ0n) is 35.4. The Balaban J connectivity index is 0.000000172. The van der Waals surface area contributed by atoms with Crippen LogP contribution in [0.1, 0.15) is 94.1 Å². The molecule has 0 bridgehead atoms. The molecule has 4 aromatic rings. The van der Waals surface area contributed by atoms with E-state index in [9.17, 15) is 28.8 Å². The smallest absolute Gasteiger partial charge is 0.255 e. The van der Waals surface area contributed by atoms with E-state index in [1.54, 1.807) is 21.9 Å². The molecular weight excluding hydrogens is 821 g/mol. The molecule has 0 radical (unpaired) electrons. The number of ether oxygens (including phenoxy) is 3. The van der Waals surface area contributed by atoms with Gasteiger partial charge in [0.25, 0.3) is 11.8 Å². The fraction of sp³-hybridized carbons (Fsp3) is 0.447.